The molecule has 0 amide bonds. The van der Waals surface area contributed by atoms with Crippen molar-refractivity contribution in [2.75, 3.05) is 0 Å². The highest BCUT2D eigenvalue weighted by atomic mass is 16.7. The normalized spacial score (nSPS) is 39.6. The Bertz CT molecular complexity index is 313. The summed E-state index contributed by atoms with van der Waals surface area (Å²) in [7, 11) is 0. The standard InChI is InChI=1S/C11H14O3/c1-5-6(2)13-10-8-7(9(12)14-10)11(8,3)4/h1,6-8,10H,2-4H3/t6-,7+,8-,10-/m1/s1. The second kappa shape index (κ2) is 2.74. The predicted octanol–water partition coefficient (Wildman–Crippen LogP) is 1.18. The summed E-state index contributed by atoms with van der Waals surface area (Å²) in [6, 6.07) is 0. The molecule has 1 aliphatic carbocycles. The zero-order chi connectivity index (χ0) is 10.5. The summed E-state index contributed by atoms with van der Waals surface area (Å²) in [6.07, 6.45) is 4.46. The van der Waals surface area contributed by atoms with E-state index in [1.165, 1.54) is 0 Å². The molecule has 3 nitrogen and oxygen atoms in total. The number of cyclic esters (lactones) is 1. The van der Waals surface area contributed by atoms with Crippen LogP contribution in [0.25, 0.3) is 0 Å². The minimum absolute atomic E-state index is 0.0116. The van der Waals surface area contributed by atoms with E-state index in [0.29, 0.717) is 0 Å². The van der Waals surface area contributed by atoms with E-state index in [1.807, 2.05) is 0 Å². The fourth-order valence-corrected chi connectivity index (χ4v) is 2.25. The molecule has 1 aliphatic heterocycles. The molecule has 0 aromatic heterocycles. The first kappa shape index (κ1) is 9.54. The number of hydrogen-bond donors (Lipinski definition) is 0. The molecule has 0 spiro atoms. The van der Waals surface area contributed by atoms with E-state index in [2.05, 4.69) is 19.8 Å². The second-order valence-electron chi connectivity index (χ2n) is 4.58. The van der Waals surface area contributed by atoms with Crippen LogP contribution in [0.4, 0.5) is 0 Å². The van der Waals surface area contributed by atoms with E-state index in [1.54, 1.807) is 6.92 Å². The van der Waals surface area contributed by atoms with Gasteiger partial charge >= 0.3 is 5.97 Å². The van der Waals surface area contributed by atoms with Gasteiger partial charge in [0.15, 0.2) is 0 Å². The highest BCUT2D eigenvalue weighted by molar-refractivity contribution is 5.80. The molecule has 2 rings (SSSR count). The first-order valence-electron chi connectivity index (χ1n) is 4.80. The lowest BCUT2D eigenvalue weighted by Crippen LogP contribution is -2.26. The summed E-state index contributed by atoms with van der Waals surface area (Å²) in [5.74, 6) is 2.51. The van der Waals surface area contributed by atoms with E-state index in [0.717, 1.165) is 0 Å². The number of ether oxygens (including phenoxy) is 2. The van der Waals surface area contributed by atoms with Crippen LogP contribution >= 0.6 is 0 Å². The third-order valence-electron chi connectivity index (χ3n) is 3.26. The highest BCUT2D eigenvalue weighted by Gasteiger charge is 2.72. The Labute approximate surface area is 83.8 Å². The summed E-state index contributed by atoms with van der Waals surface area (Å²) >= 11 is 0. The number of terminal acetylenes is 1. The molecule has 1 saturated heterocycles. The van der Waals surface area contributed by atoms with Gasteiger partial charge in [-0.1, -0.05) is 19.8 Å². The summed E-state index contributed by atoms with van der Waals surface area (Å²) in [5, 5.41) is 0. The third kappa shape index (κ3) is 1.14. The smallest absolute Gasteiger partial charge is 0.312 e. The minimum atomic E-state index is -0.437. The molecular weight excluding hydrogens is 180 g/mol. The molecule has 0 aromatic carbocycles. The molecule has 0 bridgehead atoms. The van der Waals surface area contributed by atoms with Gasteiger partial charge in [-0.05, 0) is 12.3 Å². The molecule has 4 atom stereocenters. The number of carbonyl (C=O) groups is 1. The Kier molecular flexibility index (Phi) is 1.87. The SMILES string of the molecule is C#C[C@@H](C)O[C@@H]1OC(=O)[C@@H]2[C@H]1C2(C)C. The zero-order valence-electron chi connectivity index (χ0n) is 8.61. The molecule has 0 aromatic rings. The van der Waals surface area contributed by atoms with Gasteiger partial charge < -0.3 is 9.47 Å². The van der Waals surface area contributed by atoms with Crippen molar-refractivity contribution in [3.8, 4) is 12.3 Å². The Morgan fingerprint density at radius 1 is 1.64 bits per heavy atom. The number of esters is 1. The van der Waals surface area contributed by atoms with Crippen LogP contribution < -0.4 is 0 Å². The van der Waals surface area contributed by atoms with Gasteiger partial charge in [-0.25, -0.2) is 0 Å². The van der Waals surface area contributed by atoms with Crippen LogP contribution in [0, 0.1) is 29.6 Å². The maximum absolute atomic E-state index is 11.4. The highest BCUT2D eigenvalue weighted by Crippen LogP contribution is 2.64. The van der Waals surface area contributed by atoms with Crippen molar-refractivity contribution < 1.29 is 14.3 Å². The molecule has 76 valence electrons. The molecule has 1 saturated carbocycles. The summed E-state index contributed by atoms with van der Waals surface area (Å²) in [4.78, 5) is 11.4. The fourth-order valence-electron chi connectivity index (χ4n) is 2.25. The van der Waals surface area contributed by atoms with Crippen molar-refractivity contribution in [3.05, 3.63) is 0 Å². The number of carbonyl (C=O) groups excluding carboxylic acids is 1. The number of fused-ring (bicyclic) bond motifs is 1. The van der Waals surface area contributed by atoms with Crippen LogP contribution in [0.3, 0.4) is 0 Å². The monoisotopic (exact) mass is 194 g/mol. The molecule has 0 N–H and O–H groups in total. The third-order valence-corrected chi connectivity index (χ3v) is 3.26. The second-order valence-corrected chi connectivity index (χ2v) is 4.58. The van der Waals surface area contributed by atoms with E-state index < -0.39 is 6.29 Å². The van der Waals surface area contributed by atoms with Gasteiger partial charge in [0.2, 0.25) is 6.29 Å². The Balaban J connectivity index is 2.04. The maximum atomic E-state index is 11.4. The lowest BCUT2D eigenvalue weighted by Gasteiger charge is -2.19. The molecule has 0 radical (unpaired) electrons. The van der Waals surface area contributed by atoms with Gasteiger partial charge in [-0.2, -0.15) is 0 Å². The Morgan fingerprint density at radius 3 is 2.71 bits per heavy atom. The maximum Gasteiger partial charge on any atom is 0.312 e. The molecule has 1 heterocycles. The quantitative estimate of drug-likeness (QED) is 0.489. The van der Waals surface area contributed by atoms with Gasteiger partial charge in [0.25, 0.3) is 0 Å². The first-order valence-corrected chi connectivity index (χ1v) is 4.80. The van der Waals surface area contributed by atoms with Gasteiger partial charge in [0.05, 0.1) is 5.92 Å². The first-order chi connectivity index (χ1) is 6.48. The summed E-state index contributed by atoms with van der Waals surface area (Å²) < 4.78 is 10.5. The number of rotatable bonds is 2. The van der Waals surface area contributed by atoms with Gasteiger partial charge in [-0.15, -0.1) is 6.42 Å². The Morgan fingerprint density at radius 2 is 2.29 bits per heavy atom. The minimum Gasteiger partial charge on any atom is -0.435 e. The zero-order valence-corrected chi connectivity index (χ0v) is 8.61. The largest absolute Gasteiger partial charge is 0.435 e. The fraction of sp³-hybridized carbons (Fsp3) is 0.727. The average Bonchev–Trinajstić information content (AvgIpc) is 2.47. The average molecular weight is 194 g/mol. The van der Waals surface area contributed by atoms with Crippen LogP contribution in [-0.2, 0) is 14.3 Å². The molecule has 2 aliphatic rings. The molecule has 2 fully saturated rings. The van der Waals surface area contributed by atoms with Crippen molar-refractivity contribution >= 4 is 5.97 Å². The van der Waals surface area contributed by atoms with E-state index in [4.69, 9.17) is 15.9 Å². The van der Waals surface area contributed by atoms with Gasteiger partial charge in [0, 0.05) is 5.92 Å². The number of hydrogen-bond acceptors (Lipinski definition) is 3. The van der Waals surface area contributed by atoms with Crippen LogP contribution in [0.5, 0.6) is 0 Å². The molecule has 0 unspecified atom stereocenters. The van der Waals surface area contributed by atoms with E-state index in [-0.39, 0.29) is 29.3 Å². The lowest BCUT2D eigenvalue weighted by atomic mass is 10.1. The Hall–Kier alpha value is -1.01. The molecule has 3 heteroatoms. The van der Waals surface area contributed by atoms with Crippen molar-refractivity contribution in [1.29, 1.82) is 0 Å². The topological polar surface area (TPSA) is 35.5 Å². The van der Waals surface area contributed by atoms with Crippen LogP contribution in [-0.4, -0.2) is 18.4 Å². The van der Waals surface area contributed by atoms with Crippen molar-refractivity contribution in [3.63, 3.8) is 0 Å². The molecular formula is C11H14O3. The van der Waals surface area contributed by atoms with Crippen LogP contribution in [0.2, 0.25) is 0 Å². The van der Waals surface area contributed by atoms with Crippen molar-refractivity contribution in [2.24, 2.45) is 17.3 Å². The summed E-state index contributed by atoms with van der Waals surface area (Å²) in [5.41, 5.74) is 0.0221. The lowest BCUT2D eigenvalue weighted by molar-refractivity contribution is -0.179. The van der Waals surface area contributed by atoms with Crippen LogP contribution in [0.15, 0.2) is 0 Å². The van der Waals surface area contributed by atoms with Crippen LogP contribution in [0.1, 0.15) is 20.8 Å². The van der Waals surface area contributed by atoms with E-state index in [9.17, 15) is 4.79 Å². The van der Waals surface area contributed by atoms with Crippen molar-refractivity contribution in [1.82, 2.24) is 0 Å². The van der Waals surface area contributed by atoms with Gasteiger partial charge in [-0.3, -0.25) is 4.79 Å². The van der Waals surface area contributed by atoms with E-state index >= 15 is 0 Å². The van der Waals surface area contributed by atoms with Gasteiger partial charge in [0.1, 0.15) is 6.10 Å². The predicted molar refractivity (Wildman–Crippen MR) is 50.0 cm³/mol. The van der Waals surface area contributed by atoms with Crippen molar-refractivity contribution in [2.45, 2.75) is 33.2 Å². The summed E-state index contributed by atoms with van der Waals surface area (Å²) in [6.45, 7) is 5.88. The molecule has 14 heavy (non-hydrogen) atoms.